The Labute approximate surface area is 154 Å². The van der Waals surface area contributed by atoms with Gasteiger partial charge in [-0.15, -0.1) is 0 Å². The number of aromatic nitrogens is 1. The van der Waals surface area contributed by atoms with E-state index in [4.69, 9.17) is 9.47 Å². The quantitative estimate of drug-likeness (QED) is 0.762. The van der Waals surface area contributed by atoms with Crippen molar-refractivity contribution in [2.24, 2.45) is 5.92 Å². The van der Waals surface area contributed by atoms with Gasteiger partial charge in [-0.05, 0) is 39.4 Å². The third-order valence-corrected chi connectivity index (χ3v) is 5.88. The number of likely N-dealkylation sites (tertiary alicyclic amines) is 1. The molecule has 1 aromatic rings. The predicted octanol–water partition coefficient (Wildman–Crippen LogP) is 1.06. The van der Waals surface area contributed by atoms with Gasteiger partial charge in [0.15, 0.2) is 0 Å². The van der Waals surface area contributed by atoms with Gasteiger partial charge in [0.1, 0.15) is 11.3 Å². The summed E-state index contributed by atoms with van der Waals surface area (Å²) in [7, 11) is 2.14. The lowest BCUT2D eigenvalue weighted by Gasteiger charge is -2.53. The number of morpholine rings is 1. The molecule has 0 amide bonds. The SMILES string of the molecule is CC1N(c2cc(C#CC3CCCN(C)C3)c[nH]c2=O)CCOC12COC2. The Kier molecular flexibility index (Phi) is 4.78. The standard InChI is InChI=1S/C20H27N3O3/c1-15-20(13-25-14-20)26-9-8-23(15)18-10-17(11-21-19(18)24)6-5-16-4-3-7-22(2)12-16/h10-11,15-16H,3-4,7-9,12-14H2,1-2H3,(H,21,24). The van der Waals surface area contributed by atoms with Crippen LogP contribution in [0.4, 0.5) is 5.69 Å². The monoisotopic (exact) mass is 357 g/mol. The van der Waals surface area contributed by atoms with E-state index in [1.54, 1.807) is 6.20 Å². The largest absolute Gasteiger partial charge is 0.375 e. The lowest BCUT2D eigenvalue weighted by atomic mass is 9.90. The molecule has 1 N–H and O–H groups in total. The molecule has 3 saturated heterocycles. The third kappa shape index (κ3) is 3.27. The van der Waals surface area contributed by atoms with Crippen molar-refractivity contribution in [3.05, 3.63) is 28.2 Å². The topological polar surface area (TPSA) is 57.8 Å². The summed E-state index contributed by atoms with van der Waals surface area (Å²) in [4.78, 5) is 19.8. The average molecular weight is 357 g/mol. The van der Waals surface area contributed by atoms with Crippen LogP contribution in [0.15, 0.2) is 17.1 Å². The number of aromatic amines is 1. The van der Waals surface area contributed by atoms with Crippen LogP contribution in [0, 0.1) is 17.8 Å². The molecule has 26 heavy (non-hydrogen) atoms. The number of piperidine rings is 1. The Morgan fingerprint density at radius 3 is 2.92 bits per heavy atom. The highest BCUT2D eigenvalue weighted by molar-refractivity contribution is 5.52. The van der Waals surface area contributed by atoms with Crippen molar-refractivity contribution in [2.45, 2.75) is 31.4 Å². The van der Waals surface area contributed by atoms with Crippen LogP contribution in [0.5, 0.6) is 0 Å². The van der Waals surface area contributed by atoms with Crippen LogP contribution in [0.25, 0.3) is 0 Å². The number of nitrogens with one attached hydrogen (secondary N) is 1. The Balaban J connectivity index is 1.56. The molecule has 140 valence electrons. The number of ether oxygens (including phenoxy) is 2. The van der Waals surface area contributed by atoms with Gasteiger partial charge < -0.3 is 24.3 Å². The molecule has 2 unspecified atom stereocenters. The molecule has 1 spiro atoms. The molecular weight excluding hydrogens is 330 g/mol. The fourth-order valence-corrected chi connectivity index (χ4v) is 4.13. The summed E-state index contributed by atoms with van der Waals surface area (Å²) in [5, 5.41) is 0. The number of hydrogen-bond acceptors (Lipinski definition) is 5. The minimum atomic E-state index is -0.279. The fraction of sp³-hybridized carbons (Fsp3) is 0.650. The first kappa shape index (κ1) is 17.6. The van der Waals surface area contributed by atoms with Crippen LogP contribution in [-0.2, 0) is 9.47 Å². The molecular formula is C20H27N3O3. The van der Waals surface area contributed by atoms with Crippen LogP contribution in [0.3, 0.4) is 0 Å². The van der Waals surface area contributed by atoms with Gasteiger partial charge in [-0.25, -0.2) is 0 Å². The van der Waals surface area contributed by atoms with Gasteiger partial charge >= 0.3 is 0 Å². The number of nitrogens with zero attached hydrogens (tertiary/aromatic N) is 2. The van der Waals surface area contributed by atoms with E-state index in [1.807, 2.05) is 6.07 Å². The first-order valence-corrected chi connectivity index (χ1v) is 9.48. The lowest BCUT2D eigenvalue weighted by Crippen LogP contribution is -2.68. The first-order valence-electron chi connectivity index (χ1n) is 9.48. The van der Waals surface area contributed by atoms with Gasteiger partial charge in [0.2, 0.25) is 0 Å². The number of H-pyrrole nitrogens is 1. The molecule has 0 radical (unpaired) electrons. The van der Waals surface area contributed by atoms with Gasteiger partial charge in [0.05, 0.1) is 25.9 Å². The lowest BCUT2D eigenvalue weighted by molar-refractivity contribution is -0.228. The molecule has 2 atom stereocenters. The van der Waals surface area contributed by atoms with E-state index in [0.717, 1.165) is 25.1 Å². The van der Waals surface area contributed by atoms with Gasteiger partial charge in [0, 0.05) is 30.8 Å². The summed E-state index contributed by atoms with van der Waals surface area (Å²) in [5.41, 5.74) is 1.20. The van der Waals surface area contributed by atoms with E-state index in [1.165, 1.54) is 6.42 Å². The minimum absolute atomic E-state index is 0.0721. The van der Waals surface area contributed by atoms with Gasteiger partial charge in [-0.1, -0.05) is 11.8 Å². The summed E-state index contributed by atoms with van der Waals surface area (Å²) in [6.07, 6.45) is 4.07. The van der Waals surface area contributed by atoms with Crippen molar-refractivity contribution in [1.82, 2.24) is 9.88 Å². The van der Waals surface area contributed by atoms with E-state index >= 15 is 0 Å². The summed E-state index contributed by atoms with van der Waals surface area (Å²) in [5.74, 6) is 7.07. The summed E-state index contributed by atoms with van der Waals surface area (Å²) >= 11 is 0. The smallest absolute Gasteiger partial charge is 0.271 e. The summed E-state index contributed by atoms with van der Waals surface area (Å²) in [6, 6.07) is 2.02. The molecule has 3 aliphatic rings. The average Bonchev–Trinajstić information content (AvgIpc) is 2.60. The highest BCUT2D eigenvalue weighted by Crippen LogP contribution is 2.34. The predicted molar refractivity (Wildman–Crippen MR) is 100 cm³/mol. The van der Waals surface area contributed by atoms with Crippen LogP contribution in [0.1, 0.15) is 25.3 Å². The maximum atomic E-state index is 12.5. The summed E-state index contributed by atoms with van der Waals surface area (Å²) in [6.45, 7) is 6.78. The Bertz CT molecular complexity index is 774. The number of rotatable bonds is 1. The molecule has 6 nitrogen and oxygen atoms in total. The summed E-state index contributed by atoms with van der Waals surface area (Å²) < 4.78 is 11.3. The molecule has 0 saturated carbocycles. The normalized spacial score (nSPS) is 28.3. The number of pyridine rings is 1. The van der Waals surface area contributed by atoms with Crippen molar-refractivity contribution >= 4 is 5.69 Å². The van der Waals surface area contributed by atoms with Crippen molar-refractivity contribution in [1.29, 1.82) is 0 Å². The van der Waals surface area contributed by atoms with Crippen LogP contribution < -0.4 is 10.5 Å². The van der Waals surface area contributed by atoms with E-state index < -0.39 is 0 Å². The maximum Gasteiger partial charge on any atom is 0.271 e. The third-order valence-electron chi connectivity index (χ3n) is 5.88. The number of anilines is 1. The highest BCUT2D eigenvalue weighted by Gasteiger charge is 2.50. The van der Waals surface area contributed by atoms with Crippen molar-refractivity contribution in [3.63, 3.8) is 0 Å². The second kappa shape index (κ2) is 7.07. The molecule has 3 fully saturated rings. The van der Waals surface area contributed by atoms with Crippen molar-refractivity contribution < 1.29 is 9.47 Å². The van der Waals surface area contributed by atoms with E-state index in [9.17, 15) is 4.79 Å². The fourth-order valence-electron chi connectivity index (χ4n) is 4.13. The molecule has 6 heteroatoms. The van der Waals surface area contributed by atoms with Crippen LogP contribution >= 0.6 is 0 Å². The minimum Gasteiger partial charge on any atom is -0.375 e. The zero-order valence-electron chi connectivity index (χ0n) is 15.6. The maximum absolute atomic E-state index is 12.5. The molecule has 0 bridgehead atoms. The second-order valence-corrected chi connectivity index (χ2v) is 7.75. The molecule has 0 aliphatic carbocycles. The van der Waals surface area contributed by atoms with E-state index in [-0.39, 0.29) is 17.2 Å². The Morgan fingerprint density at radius 1 is 1.35 bits per heavy atom. The van der Waals surface area contributed by atoms with Crippen molar-refractivity contribution in [2.75, 3.05) is 51.4 Å². The zero-order valence-corrected chi connectivity index (χ0v) is 15.6. The van der Waals surface area contributed by atoms with E-state index in [2.05, 4.69) is 40.6 Å². The molecule has 1 aromatic heterocycles. The zero-order chi connectivity index (χ0) is 18.1. The second-order valence-electron chi connectivity index (χ2n) is 7.75. The Hall–Kier alpha value is -1.81. The first-order chi connectivity index (χ1) is 12.6. The Morgan fingerprint density at radius 2 is 2.19 bits per heavy atom. The molecule has 4 rings (SSSR count). The molecule has 3 aliphatic heterocycles. The van der Waals surface area contributed by atoms with E-state index in [0.29, 0.717) is 38.0 Å². The van der Waals surface area contributed by atoms with Gasteiger partial charge in [-0.3, -0.25) is 4.79 Å². The highest BCUT2D eigenvalue weighted by atomic mass is 16.6. The molecule has 4 heterocycles. The van der Waals surface area contributed by atoms with Crippen molar-refractivity contribution in [3.8, 4) is 11.8 Å². The molecule has 0 aromatic carbocycles. The van der Waals surface area contributed by atoms with Gasteiger partial charge in [0.25, 0.3) is 5.56 Å². The van der Waals surface area contributed by atoms with Crippen LogP contribution in [0.2, 0.25) is 0 Å². The van der Waals surface area contributed by atoms with Gasteiger partial charge in [-0.2, -0.15) is 0 Å². The number of hydrogen-bond donors (Lipinski definition) is 1. The van der Waals surface area contributed by atoms with Crippen LogP contribution in [-0.4, -0.2) is 68.0 Å².